The molecule has 2 heteroatoms. The predicted molar refractivity (Wildman–Crippen MR) is 123 cm³/mol. The standard InChI is InChI=1S/C28H20N2/c1-2-20(14-19-10-12-29-13-11-19)15-22(3-1)23-5-4-21-8-9-26(27(21)16-23)24-6-7-25-18-30-28(25)17-24/h1-13,15-18,26H,14H2. The maximum absolute atomic E-state index is 4.38. The Balaban J connectivity index is 1.33. The minimum atomic E-state index is 0.293. The molecule has 4 aromatic rings. The summed E-state index contributed by atoms with van der Waals surface area (Å²) in [6.07, 6.45) is 11.1. The van der Waals surface area contributed by atoms with Gasteiger partial charge in [0.25, 0.3) is 0 Å². The average Bonchev–Trinajstić information content (AvgIpc) is 3.19. The highest BCUT2D eigenvalue weighted by atomic mass is 14.8. The number of rotatable bonds is 4. The predicted octanol–water partition coefficient (Wildman–Crippen LogP) is 6.56. The molecule has 6 rings (SSSR count). The molecule has 2 aliphatic rings. The van der Waals surface area contributed by atoms with Gasteiger partial charge in [-0.05, 0) is 69.6 Å². The lowest BCUT2D eigenvalue weighted by molar-refractivity contribution is 1.05. The van der Waals surface area contributed by atoms with Crippen molar-refractivity contribution in [2.75, 3.05) is 0 Å². The van der Waals surface area contributed by atoms with Gasteiger partial charge in [0.05, 0.1) is 5.69 Å². The molecule has 0 radical (unpaired) electrons. The van der Waals surface area contributed by atoms with Crippen LogP contribution in [0, 0.1) is 0 Å². The Morgan fingerprint density at radius 1 is 0.733 bits per heavy atom. The van der Waals surface area contributed by atoms with Gasteiger partial charge in [-0.2, -0.15) is 0 Å². The first-order valence-corrected chi connectivity index (χ1v) is 10.3. The lowest BCUT2D eigenvalue weighted by Crippen LogP contribution is -2.00. The van der Waals surface area contributed by atoms with E-state index in [0.29, 0.717) is 5.92 Å². The summed E-state index contributed by atoms with van der Waals surface area (Å²) in [5, 5.41) is 0. The van der Waals surface area contributed by atoms with E-state index >= 15 is 0 Å². The third-order valence-corrected chi connectivity index (χ3v) is 6.06. The lowest BCUT2D eigenvalue weighted by Gasteiger charge is -2.17. The van der Waals surface area contributed by atoms with Crippen LogP contribution >= 0.6 is 0 Å². The van der Waals surface area contributed by atoms with Gasteiger partial charge in [0, 0.05) is 30.1 Å². The number of fused-ring (bicyclic) bond motifs is 2. The Morgan fingerprint density at radius 2 is 1.60 bits per heavy atom. The van der Waals surface area contributed by atoms with Crippen molar-refractivity contribution < 1.29 is 0 Å². The van der Waals surface area contributed by atoms with Crippen molar-refractivity contribution in [2.45, 2.75) is 12.3 Å². The van der Waals surface area contributed by atoms with E-state index < -0.39 is 0 Å². The monoisotopic (exact) mass is 384 g/mol. The van der Waals surface area contributed by atoms with Crippen molar-refractivity contribution in [3.05, 3.63) is 125 Å². The van der Waals surface area contributed by atoms with Crippen molar-refractivity contribution in [3.63, 3.8) is 0 Å². The van der Waals surface area contributed by atoms with E-state index in [4.69, 9.17) is 0 Å². The molecule has 2 nitrogen and oxygen atoms in total. The molecule has 1 aliphatic heterocycles. The lowest BCUT2D eigenvalue weighted by atomic mass is 9.89. The zero-order valence-corrected chi connectivity index (χ0v) is 16.5. The number of nitrogens with zero attached hydrogens (tertiary/aromatic N) is 2. The Labute approximate surface area is 176 Å². The summed E-state index contributed by atoms with van der Waals surface area (Å²) in [5.74, 6) is 0.293. The van der Waals surface area contributed by atoms with Gasteiger partial charge < -0.3 is 0 Å². The highest BCUT2D eigenvalue weighted by Crippen LogP contribution is 2.40. The van der Waals surface area contributed by atoms with E-state index in [1.54, 1.807) is 0 Å². The zero-order chi connectivity index (χ0) is 19.9. The van der Waals surface area contributed by atoms with Crippen LogP contribution in [0.3, 0.4) is 0 Å². The molecule has 142 valence electrons. The molecule has 0 amide bonds. The SMILES string of the molecule is C1=CC(c2ccc3c(c2)N=C3)c2cc(-c3cccc(Cc4ccncc4)c3)ccc21. The van der Waals surface area contributed by atoms with Crippen LogP contribution in [0.25, 0.3) is 17.2 Å². The first kappa shape index (κ1) is 17.1. The van der Waals surface area contributed by atoms with Crippen LogP contribution in [-0.2, 0) is 6.42 Å². The molecule has 1 aromatic heterocycles. The second-order valence-corrected chi connectivity index (χ2v) is 7.99. The fourth-order valence-electron chi connectivity index (χ4n) is 4.41. The molecule has 1 unspecified atom stereocenters. The fraction of sp³-hybridized carbons (Fsp3) is 0.0714. The van der Waals surface area contributed by atoms with E-state index in [9.17, 15) is 0 Å². The molecular weight excluding hydrogens is 364 g/mol. The normalized spacial score (nSPS) is 15.5. The number of benzene rings is 3. The topological polar surface area (TPSA) is 25.2 Å². The summed E-state index contributed by atoms with van der Waals surface area (Å²) in [6, 6.07) is 26.5. The molecule has 2 heterocycles. The van der Waals surface area contributed by atoms with Gasteiger partial charge in [0.15, 0.2) is 0 Å². The Hall–Kier alpha value is -3.78. The summed E-state index contributed by atoms with van der Waals surface area (Å²) in [4.78, 5) is 8.49. The molecule has 3 aromatic carbocycles. The first-order valence-electron chi connectivity index (χ1n) is 10.3. The van der Waals surface area contributed by atoms with Gasteiger partial charge in [0.2, 0.25) is 0 Å². The van der Waals surface area contributed by atoms with Gasteiger partial charge >= 0.3 is 0 Å². The summed E-state index contributed by atoms with van der Waals surface area (Å²) >= 11 is 0. The molecule has 0 N–H and O–H groups in total. The van der Waals surface area contributed by atoms with E-state index in [-0.39, 0.29) is 0 Å². The van der Waals surface area contributed by atoms with Crippen molar-refractivity contribution in [2.24, 2.45) is 4.99 Å². The highest BCUT2D eigenvalue weighted by molar-refractivity contribution is 5.96. The average molecular weight is 384 g/mol. The van der Waals surface area contributed by atoms with Crippen LogP contribution in [0.2, 0.25) is 0 Å². The van der Waals surface area contributed by atoms with Gasteiger partial charge in [0.1, 0.15) is 0 Å². The summed E-state index contributed by atoms with van der Waals surface area (Å²) < 4.78 is 0. The fourth-order valence-corrected chi connectivity index (χ4v) is 4.41. The third-order valence-electron chi connectivity index (χ3n) is 6.06. The van der Waals surface area contributed by atoms with Gasteiger partial charge in [-0.1, -0.05) is 60.7 Å². The second kappa shape index (κ2) is 6.93. The summed E-state index contributed by atoms with van der Waals surface area (Å²) in [5.41, 5.74) is 11.5. The van der Waals surface area contributed by atoms with Crippen LogP contribution in [0.1, 0.15) is 39.3 Å². The Kier molecular flexibility index (Phi) is 3.95. The van der Waals surface area contributed by atoms with Gasteiger partial charge in [-0.25, -0.2) is 0 Å². The number of aliphatic imine (C=N–C) groups is 1. The Bertz CT molecular complexity index is 1320. The van der Waals surface area contributed by atoms with Gasteiger partial charge in [-0.3, -0.25) is 9.98 Å². The van der Waals surface area contributed by atoms with E-state index in [1.807, 2.05) is 18.6 Å². The van der Waals surface area contributed by atoms with E-state index in [2.05, 4.69) is 94.9 Å². The number of aromatic nitrogens is 1. The van der Waals surface area contributed by atoms with Crippen LogP contribution in [-0.4, -0.2) is 11.2 Å². The van der Waals surface area contributed by atoms with Crippen molar-refractivity contribution in [1.29, 1.82) is 0 Å². The number of hydrogen-bond acceptors (Lipinski definition) is 2. The Morgan fingerprint density at radius 3 is 2.43 bits per heavy atom. The molecule has 0 bridgehead atoms. The van der Waals surface area contributed by atoms with E-state index in [1.165, 1.54) is 44.5 Å². The maximum atomic E-state index is 4.38. The first-order chi connectivity index (χ1) is 14.8. The summed E-state index contributed by atoms with van der Waals surface area (Å²) in [7, 11) is 0. The van der Waals surface area contributed by atoms with Crippen LogP contribution in [0.5, 0.6) is 0 Å². The molecule has 0 spiro atoms. The van der Waals surface area contributed by atoms with Crippen molar-refractivity contribution >= 4 is 18.0 Å². The minimum Gasteiger partial charge on any atom is -0.265 e. The molecule has 1 atom stereocenters. The molecule has 0 saturated carbocycles. The van der Waals surface area contributed by atoms with Gasteiger partial charge in [-0.15, -0.1) is 0 Å². The third kappa shape index (κ3) is 2.98. The maximum Gasteiger partial charge on any atom is 0.0720 e. The minimum absolute atomic E-state index is 0.293. The van der Waals surface area contributed by atoms with Crippen LogP contribution < -0.4 is 0 Å². The van der Waals surface area contributed by atoms with Crippen LogP contribution in [0.15, 0.2) is 96.3 Å². The summed E-state index contributed by atoms with van der Waals surface area (Å²) in [6.45, 7) is 0. The number of hydrogen-bond donors (Lipinski definition) is 0. The molecule has 1 aliphatic carbocycles. The molecule has 0 saturated heterocycles. The highest BCUT2D eigenvalue weighted by Gasteiger charge is 2.21. The number of pyridine rings is 1. The number of allylic oxidation sites excluding steroid dienone is 1. The quantitative estimate of drug-likeness (QED) is 0.344. The van der Waals surface area contributed by atoms with Crippen molar-refractivity contribution in [3.8, 4) is 11.1 Å². The molecule has 30 heavy (non-hydrogen) atoms. The molecular formula is C28H20N2. The van der Waals surface area contributed by atoms with Crippen molar-refractivity contribution in [1.82, 2.24) is 4.98 Å². The van der Waals surface area contributed by atoms with E-state index in [0.717, 1.165) is 12.1 Å². The largest absolute Gasteiger partial charge is 0.265 e. The zero-order valence-electron chi connectivity index (χ0n) is 16.5. The second-order valence-electron chi connectivity index (χ2n) is 7.99. The smallest absolute Gasteiger partial charge is 0.0720 e. The molecule has 0 fully saturated rings. The van der Waals surface area contributed by atoms with Crippen LogP contribution in [0.4, 0.5) is 5.69 Å².